The Morgan fingerprint density at radius 1 is 0.690 bits per heavy atom. The van der Waals surface area contributed by atoms with Crippen molar-refractivity contribution in [3.05, 3.63) is 83.9 Å². The Morgan fingerprint density at radius 3 is 2.41 bits per heavy atom. The highest BCUT2D eigenvalue weighted by Gasteiger charge is 2.31. The summed E-state index contributed by atoms with van der Waals surface area (Å²) in [5.74, 6) is 0.467. The van der Waals surface area contributed by atoms with E-state index in [2.05, 4.69) is 84.7 Å². The maximum absolute atomic E-state index is 3.59. The molecule has 0 radical (unpaired) electrons. The van der Waals surface area contributed by atoms with Crippen molar-refractivity contribution in [3.63, 3.8) is 0 Å². The van der Waals surface area contributed by atoms with Crippen LogP contribution in [-0.4, -0.2) is 4.98 Å². The van der Waals surface area contributed by atoms with Crippen LogP contribution >= 0.6 is 23.5 Å². The van der Waals surface area contributed by atoms with E-state index in [-0.39, 0.29) is 0 Å². The topological polar surface area (TPSA) is 15.8 Å². The maximum atomic E-state index is 3.59. The SMILES string of the molecule is CC1c2ccccc2-c2c1ccc1c2Sc2ccc3[nH]c4ccccc4c3c2S1. The van der Waals surface area contributed by atoms with Gasteiger partial charge in [0.05, 0.1) is 0 Å². The number of fused-ring (bicyclic) bond motifs is 10. The van der Waals surface area contributed by atoms with E-state index in [1.165, 1.54) is 63.6 Å². The van der Waals surface area contributed by atoms with Crippen molar-refractivity contribution in [2.45, 2.75) is 32.4 Å². The molecule has 2 heterocycles. The maximum Gasteiger partial charge on any atom is 0.0477 e. The first-order valence-corrected chi connectivity index (χ1v) is 11.6. The predicted octanol–water partition coefficient (Wildman–Crippen LogP) is 8.07. The lowest BCUT2D eigenvalue weighted by atomic mass is 10.00. The molecule has 1 atom stereocenters. The number of aromatic amines is 1. The Morgan fingerprint density at radius 2 is 1.45 bits per heavy atom. The molecule has 1 N–H and O–H groups in total. The van der Waals surface area contributed by atoms with Gasteiger partial charge in [0, 0.05) is 52.9 Å². The van der Waals surface area contributed by atoms with Crippen LogP contribution in [-0.2, 0) is 0 Å². The molecule has 0 amide bonds. The molecule has 1 aliphatic heterocycles. The molecule has 0 spiro atoms. The van der Waals surface area contributed by atoms with Crippen molar-refractivity contribution in [2.75, 3.05) is 0 Å². The van der Waals surface area contributed by atoms with Crippen LogP contribution < -0.4 is 0 Å². The first-order valence-electron chi connectivity index (χ1n) is 9.95. The lowest BCUT2D eigenvalue weighted by Crippen LogP contribution is -1.95. The van der Waals surface area contributed by atoms with Gasteiger partial charge in [-0.05, 0) is 41.0 Å². The van der Waals surface area contributed by atoms with Crippen LogP contribution in [0.25, 0.3) is 32.9 Å². The summed E-state index contributed by atoms with van der Waals surface area (Å²) in [6.07, 6.45) is 0. The molecule has 0 saturated carbocycles. The number of aromatic nitrogens is 1. The Labute approximate surface area is 177 Å². The molecular formula is C26H17NS2. The number of nitrogens with one attached hydrogen (secondary N) is 1. The van der Waals surface area contributed by atoms with Gasteiger partial charge in [0.2, 0.25) is 0 Å². The van der Waals surface area contributed by atoms with Gasteiger partial charge >= 0.3 is 0 Å². The zero-order valence-corrected chi connectivity index (χ0v) is 17.5. The normalized spacial score (nSPS) is 16.5. The fourth-order valence-corrected chi connectivity index (χ4v) is 7.55. The molecule has 5 aromatic rings. The van der Waals surface area contributed by atoms with E-state index in [0.29, 0.717) is 5.92 Å². The van der Waals surface area contributed by atoms with Gasteiger partial charge in [0.15, 0.2) is 0 Å². The van der Waals surface area contributed by atoms with E-state index in [1.54, 1.807) is 0 Å². The molecule has 4 aromatic carbocycles. The van der Waals surface area contributed by atoms with E-state index in [0.717, 1.165) is 0 Å². The van der Waals surface area contributed by atoms with Crippen molar-refractivity contribution < 1.29 is 0 Å². The summed E-state index contributed by atoms with van der Waals surface area (Å²) in [4.78, 5) is 9.15. The molecule has 2 aliphatic rings. The van der Waals surface area contributed by atoms with E-state index in [9.17, 15) is 0 Å². The fraction of sp³-hybridized carbons (Fsp3) is 0.0769. The molecular weight excluding hydrogens is 390 g/mol. The number of para-hydroxylation sites is 1. The van der Waals surface area contributed by atoms with Gasteiger partial charge in [-0.15, -0.1) is 0 Å². The summed E-state index contributed by atoms with van der Waals surface area (Å²) < 4.78 is 0. The molecule has 0 fully saturated rings. The van der Waals surface area contributed by atoms with Gasteiger partial charge in [-0.2, -0.15) is 0 Å². The second kappa shape index (κ2) is 5.71. The minimum atomic E-state index is 0.467. The minimum Gasteiger partial charge on any atom is -0.354 e. The van der Waals surface area contributed by atoms with Crippen LogP contribution in [0.1, 0.15) is 24.0 Å². The molecule has 7 rings (SSSR count). The minimum absolute atomic E-state index is 0.467. The van der Waals surface area contributed by atoms with Crippen LogP contribution in [0.5, 0.6) is 0 Å². The third kappa shape index (κ3) is 2.09. The van der Waals surface area contributed by atoms with Crippen molar-refractivity contribution in [3.8, 4) is 11.1 Å². The molecule has 3 heteroatoms. The van der Waals surface area contributed by atoms with Crippen LogP contribution in [0.2, 0.25) is 0 Å². The smallest absolute Gasteiger partial charge is 0.0477 e. The quantitative estimate of drug-likeness (QED) is 0.274. The fourth-order valence-electron chi connectivity index (χ4n) is 4.96. The molecule has 1 aromatic heterocycles. The van der Waals surface area contributed by atoms with Crippen molar-refractivity contribution in [2.24, 2.45) is 0 Å². The van der Waals surface area contributed by atoms with E-state index in [1.807, 2.05) is 23.5 Å². The number of hydrogen-bond acceptors (Lipinski definition) is 2. The van der Waals surface area contributed by atoms with Gasteiger partial charge in [-0.25, -0.2) is 0 Å². The number of benzene rings is 4. The highest BCUT2D eigenvalue weighted by atomic mass is 32.2. The van der Waals surface area contributed by atoms with E-state index in [4.69, 9.17) is 0 Å². The molecule has 0 bridgehead atoms. The van der Waals surface area contributed by atoms with Gasteiger partial charge in [-0.1, -0.05) is 79.0 Å². The first-order chi connectivity index (χ1) is 14.3. The van der Waals surface area contributed by atoms with Crippen molar-refractivity contribution in [1.29, 1.82) is 0 Å². The zero-order valence-electron chi connectivity index (χ0n) is 15.8. The lowest BCUT2D eigenvalue weighted by molar-refractivity contribution is 0.950. The van der Waals surface area contributed by atoms with Crippen LogP contribution in [0.15, 0.2) is 92.4 Å². The van der Waals surface area contributed by atoms with Gasteiger partial charge in [0.25, 0.3) is 0 Å². The van der Waals surface area contributed by atoms with Crippen LogP contribution in [0.4, 0.5) is 0 Å². The average Bonchev–Trinajstić information content (AvgIpc) is 3.29. The molecule has 1 nitrogen and oxygen atoms in total. The molecule has 138 valence electrons. The predicted molar refractivity (Wildman–Crippen MR) is 123 cm³/mol. The average molecular weight is 408 g/mol. The van der Waals surface area contributed by atoms with Crippen molar-refractivity contribution >= 4 is 45.3 Å². The van der Waals surface area contributed by atoms with Gasteiger partial charge in [-0.3, -0.25) is 0 Å². The summed E-state index contributed by atoms with van der Waals surface area (Å²) in [6.45, 7) is 2.33. The Bertz CT molecular complexity index is 1480. The van der Waals surface area contributed by atoms with E-state index < -0.39 is 0 Å². The summed E-state index contributed by atoms with van der Waals surface area (Å²) in [5.41, 5.74) is 8.23. The molecule has 0 saturated heterocycles. The summed E-state index contributed by atoms with van der Waals surface area (Å²) >= 11 is 3.88. The van der Waals surface area contributed by atoms with Crippen LogP contribution in [0.3, 0.4) is 0 Å². The zero-order chi connectivity index (χ0) is 19.1. The standard InChI is InChI=1S/C26H17NS2/c1-14-15-6-2-3-7-17(15)23-16(14)10-12-21-25(23)28-22-13-11-20-24(26(22)29-21)18-8-4-5-9-19(18)27-20/h2-14,27H,1H3. The highest BCUT2D eigenvalue weighted by molar-refractivity contribution is 8.05. The molecule has 1 unspecified atom stereocenters. The van der Waals surface area contributed by atoms with E-state index >= 15 is 0 Å². The number of H-pyrrole nitrogens is 1. The summed E-state index contributed by atoms with van der Waals surface area (Å²) in [6, 6.07) is 26.8. The summed E-state index contributed by atoms with van der Waals surface area (Å²) in [5, 5.41) is 2.67. The van der Waals surface area contributed by atoms with Crippen LogP contribution in [0, 0.1) is 0 Å². The molecule has 1 aliphatic carbocycles. The molecule has 29 heavy (non-hydrogen) atoms. The summed E-state index contributed by atoms with van der Waals surface area (Å²) in [7, 11) is 0. The lowest BCUT2D eigenvalue weighted by Gasteiger charge is -2.22. The monoisotopic (exact) mass is 407 g/mol. The largest absolute Gasteiger partial charge is 0.354 e. The second-order valence-electron chi connectivity index (χ2n) is 7.86. The van der Waals surface area contributed by atoms with Gasteiger partial charge < -0.3 is 4.98 Å². The Kier molecular flexibility index (Phi) is 3.19. The third-order valence-electron chi connectivity index (χ3n) is 6.33. The Balaban J connectivity index is 1.49. The third-order valence-corrected chi connectivity index (χ3v) is 8.96. The van der Waals surface area contributed by atoms with Gasteiger partial charge in [0.1, 0.15) is 0 Å². The highest BCUT2D eigenvalue weighted by Crippen LogP contribution is 2.58. The number of hydrogen-bond donors (Lipinski definition) is 1. The Hall–Kier alpha value is -2.62. The first kappa shape index (κ1) is 16.2. The second-order valence-corrected chi connectivity index (χ2v) is 9.96. The van der Waals surface area contributed by atoms with Crippen molar-refractivity contribution in [1.82, 2.24) is 4.98 Å². The number of rotatable bonds is 0.